The number of carbonyl (C=O) groups is 2. The van der Waals surface area contributed by atoms with Crippen LogP contribution in [0.25, 0.3) is 11.0 Å². The van der Waals surface area contributed by atoms with Crippen LogP contribution in [0, 0.1) is 5.92 Å². The smallest absolute Gasteiger partial charge is 0.253 e. The van der Waals surface area contributed by atoms with Gasteiger partial charge >= 0.3 is 0 Å². The molecule has 2 saturated heterocycles. The van der Waals surface area contributed by atoms with Crippen molar-refractivity contribution < 1.29 is 9.59 Å². The number of benzene rings is 2. The Balaban J connectivity index is 1.05. The maximum Gasteiger partial charge on any atom is 0.253 e. The zero-order chi connectivity index (χ0) is 23.8. The second kappa shape index (κ2) is 9.43. The van der Waals surface area contributed by atoms with Crippen LogP contribution in [0.1, 0.15) is 41.6 Å². The van der Waals surface area contributed by atoms with E-state index in [2.05, 4.69) is 31.2 Å². The standard InChI is InChI=1S/C27H32N6O2/c34-25-21-5-1-2-6-22(21)29-27(30-25)32-15-13-31(14-16-32)26(35)20-11-9-19(10-12-20)17-33-18-28-23-7-3-4-8-24(23)33/h3-4,7-12,18,21-22,27,29H,1-2,5-6,13-17H2,(H,30,34). The van der Waals surface area contributed by atoms with E-state index in [0.29, 0.717) is 18.7 Å². The number of piperazine rings is 1. The first-order chi connectivity index (χ1) is 17.2. The molecule has 3 fully saturated rings. The summed E-state index contributed by atoms with van der Waals surface area (Å²) in [5.74, 6) is 0.358. The Morgan fingerprint density at radius 3 is 2.57 bits per heavy atom. The summed E-state index contributed by atoms with van der Waals surface area (Å²) in [6, 6.07) is 16.3. The molecule has 3 atom stereocenters. The van der Waals surface area contributed by atoms with Crippen LogP contribution in [0.3, 0.4) is 0 Å². The first-order valence-corrected chi connectivity index (χ1v) is 12.7. The highest BCUT2D eigenvalue weighted by atomic mass is 16.2. The zero-order valence-corrected chi connectivity index (χ0v) is 19.9. The van der Waals surface area contributed by atoms with E-state index in [1.54, 1.807) is 0 Å². The molecule has 3 aromatic rings. The fourth-order valence-electron chi connectivity index (χ4n) is 5.78. The van der Waals surface area contributed by atoms with Crippen molar-refractivity contribution in [2.75, 3.05) is 26.2 Å². The van der Waals surface area contributed by atoms with Crippen LogP contribution in [-0.2, 0) is 11.3 Å². The Hall–Kier alpha value is -3.23. The predicted molar refractivity (Wildman–Crippen MR) is 134 cm³/mol. The van der Waals surface area contributed by atoms with Crippen molar-refractivity contribution in [3.8, 4) is 0 Å². The Kier molecular flexibility index (Phi) is 6.00. The number of hydrogen-bond donors (Lipinski definition) is 2. The van der Waals surface area contributed by atoms with Gasteiger partial charge < -0.3 is 14.8 Å². The topological polar surface area (TPSA) is 82.5 Å². The van der Waals surface area contributed by atoms with Gasteiger partial charge in [-0.15, -0.1) is 0 Å². The average Bonchev–Trinajstić information content (AvgIpc) is 3.31. The minimum Gasteiger partial charge on any atom is -0.336 e. The number of nitrogens with one attached hydrogen (secondary N) is 2. The molecule has 3 heterocycles. The van der Waals surface area contributed by atoms with Crippen molar-refractivity contribution in [3.05, 3.63) is 66.0 Å². The van der Waals surface area contributed by atoms with Crippen LogP contribution in [0.5, 0.6) is 0 Å². The van der Waals surface area contributed by atoms with Gasteiger partial charge in [-0.25, -0.2) is 4.98 Å². The average molecular weight is 473 g/mol. The molecule has 2 aliphatic heterocycles. The predicted octanol–water partition coefficient (Wildman–Crippen LogP) is 2.40. The summed E-state index contributed by atoms with van der Waals surface area (Å²) in [6.07, 6.45) is 6.12. The molecule has 2 N–H and O–H groups in total. The summed E-state index contributed by atoms with van der Waals surface area (Å²) < 4.78 is 2.12. The number of amides is 2. The number of nitrogens with zero attached hydrogens (tertiary/aromatic N) is 4. The molecule has 1 aromatic heterocycles. The molecule has 0 bridgehead atoms. The molecule has 182 valence electrons. The number of rotatable bonds is 4. The van der Waals surface area contributed by atoms with Crippen LogP contribution in [-0.4, -0.2) is 69.7 Å². The van der Waals surface area contributed by atoms with Crippen molar-refractivity contribution in [2.24, 2.45) is 5.92 Å². The SMILES string of the molecule is O=C1NC(N2CCN(C(=O)c3ccc(Cn4cnc5ccccc54)cc3)CC2)NC2CCCCC12. The molecule has 6 rings (SSSR count). The van der Waals surface area contributed by atoms with Crippen LogP contribution < -0.4 is 10.6 Å². The van der Waals surface area contributed by atoms with Gasteiger partial charge in [0.15, 0.2) is 0 Å². The monoisotopic (exact) mass is 472 g/mol. The third-order valence-electron chi connectivity index (χ3n) is 7.80. The molecule has 3 aliphatic rings. The summed E-state index contributed by atoms with van der Waals surface area (Å²) in [7, 11) is 0. The van der Waals surface area contributed by atoms with E-state index in [1.807, 2.05) is 53.7 Å². The highest BCUT2D eigenvalue weighted by molar-refractivity contribution is 5.94. The van der Waals surface area contributed by atoms with Crippen LogP contribution in [0.15, 0.2) is 54.9 Å². The van der Waals surface area contributed by atoms with Gasteiger partial charge in [0.2, 0.25) is 5.91 Å². The van der Waals surface area contributed by atoms with Crippen molar-refractivity contribution in [2.45, 2.75) is 44.6 Å². The number of carbonyl (C=O) groups excluding carboxylic acids is 2. The van der Waals surface area contributed by atoms with E-state index in [-0.39, 0.29) is 30.1 Å². The molecule has 2 amide bonds. The summed E-state index contributed by atoms with van der Waals surface area (Å²) in [6.45, 7) is 3.52. The molecule has 1 aliphatic carbocycles. The van der Waals surface area contributed by atoms with E-state index < -0.39 is 0 Å². The highest BCUT2D eigenvalue weighted by Gasteiger charge is 2.40. The van der Waals surface area contributed by atoms with E-state index in [9.17, 15) is 9.59 Å². The molecule has 0 spiro atoms. The molecule has 0 radical (unpaired) electrons. The fourth-order valence-corrected chi connectivity index (χ4v) is 5.78. The van der Waals surface area contributed by atoms with Crippen molar-refractivity contribution in [1.29, 1.82) is 0 Å². The Morgan fingerprint density at radius 1 is 0.971 bits per heavy atom. The number of hydrogen-bond acceptors (Lipinski definition) is 5. The third kappa shape index (κ3) is 4.44. The lowest BCUT2D eigenvalue weighted by molar-refractivity contribution is -0.134. The minimum atomic E-state index is -0.127. The van der Waals surface area contributed by atoms with Crippen LogP contribution in [0.4, 0.5) is 0 Å². The van der Waals surface area contributed by atoms with Gasteiger partial charge in [0.05, 0.1) is 23.3 Å². The highest BCUT2D eigenvalue weighted by Crippen LogP contribution is 2.27. The number of aromatic nitrogens is 2. The van der Waals surface area contributed by atoms with Crippen LogP contribution >= 0.6 is 0 Å². The molecule has 35 heavy (non-hydrogen) atoms. The fraction of sp³-hybridized carbons (Fsp3) is 0.444. The number of para-hydroxylation sites is 2. The summed E-state index contributed by atoms with van der Waals surface area (Å²) in [4.78, 5) is 34.3. The molecular weight excluding hydrogens is 440 g/mol. The number of imidazole rings is 1. The molecule has 8 heteroatoms. The van der Waals surface area contributed by atoms with Gasteiger partial charge in [-0.05, 0) is 42.7 Å². The van der Waals surface area contributed by atoms with Gasteiger partial charge in [0.25, 0.3) is 5.91 Å². The number of fused-ring (bicyclic) bond motifs is 2. The maximum absolute atomic E-state index is 13.1. The molecule has 2 aromatic carbocycles. The van der Waals surface area contributed by atoms with E-state index in [0.717, 1.165) is 55.5 Å². The van der Waals surface area contributed by atoms with E-state index >= 15 is 0 Å². The van der Waals surface area contributed by atoms with Crippen molar-refractivity contribution in [1.82, 2.24) is 30.0 Å². The lowest BCUT2D eigenvalue weighted by Crippen LogP contribution is -2.69. The molecular formula is C27H32N6O2. The lowest BCUT2D eigenvalue weighted by atomic mass is 9.82. The normalized spacial score (nSPS) is 25.3. The van der Waals surface area contributed by atoms with Gasteiger partial charge in [-0.3, -0.25) is 19.8 Å². The quantitative estimate of drug-likeness (QED) is 0.610. The van der Waals surface area contributed by atoms with Gasteiger partial charge in [-0.1, -0.05) is 37.1 Å². The van der Waals surface area contributed by atoms with E-state index in [1.165, 1.54) is 6.42 Å². The van der Waals surface area contributed by atoms with Crippen molar-refractivity contribution >= 4 is 22.8 Å². The molecule has 8 nitrogen and oxygen atoms in total. The Bertz CT molecular complexity index is 1210. The molecule has 3 unspecified atom stereocenters. The first kappa shape index (κ1) is 22.2. The minimum absolute atomic E-state index is 0.0669. The summed E-state index contributed by atoms with van der Waals surface area (Å²) in [5, 5.41) is 6.81. The zero-order valence-electron chi connectivity index (χ0n) is 19.9. The Morgan fingerprint density at radius 2 is 1.74 bits per heavy atom. The van der Waals surface area contributed by atoms with Gasteiger partial charge in [-0.2, -0.15) is 0 Å². The second-order valence-corrected chi connectivity index (χ2v) is 9.96. The van der Waals surface area contributed by atoms with Crippen molar-refractivity contribution in [3.63, 3.8) is 0 Å². The lowest BCUT2D eigenvalue weighted by Gasteiger charge is -2.46. The summed E-state index contributed by atoms with van der Waals surface area (Å²) >= 11 is 0. The molecule has 1 saturated carbocycles. The first-order valence-electron chi connectivity index (χ1n) is 12.7. The van der Waals surface area contributed by atoms with Gasteiger partial charge in [0.1, 0.15) is 6.29 Å². The van der Waals surface area contributed by atoms with Gasteiger partial charge in [0, 0.05) is 44.3 Å². The van der Waals surface area contributed by atoms with Crippen LogP contribution in [0.2, 0.25) is 0 Å². The summed E-state index contributed by atoms with van der Waals surface area (Å²) in [5.41, 5.74) is 3.94. The maximum atomic E-state index is 13.1. The Labute approximate surface area is 205 Å². The second-order valence-electron chi connectivity index (χ2n) is 9.96. The van der Waals surface area contributed by atoms with E-state index in [4.69, 9.17) is 0 Å². The third-order valence-corrected chi connectivity index (χ3v) is 7.80. The largest absolute Gasteiger partial charge is 0.336 e.